The zero-order valence-corrected chi connectivity index (χ0v) is 7.47. The average molecular weight is 170 g/mol. The molecular formula is C8H16N3O. The Hall–Kier alpha value is -0.450. The highest BCUT2D eigenvalue weighted by molar-refractivity contribution is 5.89. The van der Waals surface area contributed by atoms with E-state index in [0.717, 1.165) is 26.2 Å². The maximum Gasteiger partial charge on any atom is 0.153 e. The van der Waals surface area contributed by atoms with Crippen molar-refractivity contribution in [3.05, 3.63) is 6.04 Å². The van der Waals surface area contributed by atoms with Crippen molar-refractivity contribution in [1.29, 1.82) is 0 Å². The van der Waals surface area contributed by atoms with Crippen LogP contribution in [0.25, 0.3) is 0 Å². The molecule has 1 fully saturated rings. The number of piperazine rings is 1. The molecule has 0 aromatic carbocycles. The molecule has 0 bridgehead atoms. The van der Waals surface area contributed by atoms with Gasteiger partial charge in [0, 0.05) is 32.7 Å². The lowest BCUT2D eigenvalue weighted by Crippen LogP contribution is -2.46. The predicted octanol–water partition coefficient (Wildman–Crippen LogP) is -1.03. The Kier molecular flexibility index (Phi) is 3.65. The van der Waals surface area contributed by atoms with Crippen LogP contribution < -0.4 is 11.1 Å². The fraction of sp³-hybridized carbons (Fsp3) is 0.750. The molecular weight excluding hydrogens is 154 g/mol. The second-order valence-corrected chi connectivity index (χ2v) is 3.11. The number of nitrogens with zero attached hydrogens (tertiary/aromatic N) is 1. The summed E-state index contributed by atoms with van der Waals surface area (Å²) >= 11 is 0. The molecule has 1 saturated heterocycles. The lowest BCUT2D eigenvalue weighted by molar-refractivity contribution is -0.115. The van der Waals surface area contributed by atoms with E-state index in [1.54, 1.807) is 0 Å². The Morgan fingerprint density at radius 3 is 2.58 bits per heavy atom. The molecule has 0 aromatic heterocycles. The first-order valence-corrected chi connectivity index (χ1v) is 4.25. The Morgan fingerprint density at radius 1 is 1.50 bits per heavy atom. The molecule has 0 spiro atoms. The maximum atomic E-state index is 10.8. The molecule has 1 rings (SSSR count). The second-order valence-electron chi connectivity index (χ2n) is 3.11. The SMILES string of the molecule is CC(=O)[C](N)CN1CCNCC1. The number of rotatable bonds is 3. The summed E-state index contributed by atoms with van der Waals surface area (Å²) in [6.45, 7) is 6.08. The van der Waals surface area contributed by atoms with Crippen molar-refractivity contribution in [3.63, 3.8) is 0 Å². The van der Waals surface area contributed by atoms with Gasteiger partial charge < -0.3 is 11.1 Å². The number of nitrogens with one attached hydrogen (secondary N) is 1. The molecule has 12 heavy (non-hydrogen) atoms. The summed E-state index contributed by atoms with van der Waals surface area (Å²) in [5, 5.41) is 3.24. The van der Waals surface area contributed by atoms with Crippen LogP contribution in [0.2, 0.25) is 0 Å². The Balaban J connectivity index is 2.24. The minimum Gasteiger partial charge on any atom is -0.316 e. The fourth-order valence-corrected chi connectivity index (χ4v) is 1.22. The topological polar surface area (TPSA) is 58.4 Å². The number of Topliss-reactive ketones (excluding diaryl/α,β-unsaturated/α-hetero) is 1. The summed E-state index contributed by atoms with van der Waals surface area (Å²) in [7, 11) is 0. The standard InChI is InChI=1S/C8H16N3O/c1-7(12)8(9)6-11-4-2-10-3-5-11/h10H,2-6,9H2,1H3. The highest BCUT2D eigenvalue weighted by Crippen LogP contribution is 1.98. The number of nitrogens with two attached hydrogens (primary N) is 1. The van der Waals surface area contributed by atoms with E-state index in [0.29, 0.717) is 12.6 Å². The largest absolute Gasteiger partial charge is 0.316 e. The number of hydrogen-bond acceptors (Lipinski definition) is 4. The van der Waals surface area contributed by atoms with Crippen LogP contribution in [-0.4, -0.2) is 43.4 Å². The first-order valence-electron chi connectivity index (χ1n) is 4.25. The van der Waals surface area contributed by atoms with Gasteiger partial charge in [0.15, 0.2) is 5.78 Å². The van der Waals surface area contributed by atoms with Gasteiger partial charge in [-0.2, -0.15) is 0 Å². The van der Waals surface area contributed by atoms with Crippen LogP contribution >= 0.6 is 0 Å². The zero-order chi connectivity index (χ0) is 8.97. The third kappa shape index (κ3) is 2.89. The van der Waals surface area contributed by atoms with E-state index >= 15 is 0 Å². The molecule has 0 amide bonds. The summed E-state index contributed by atoms with van der Waals surface area (Å²) in [6, 6.07) is 0.469. The fourth-order valence-electron chi connectivity index (χ4n) is 1.22. The molecule has 1 heterocycles. The summed E-state index contributed by atoms with van der Waals surface area (Å²) in [4.78, 5) is 13.0. The van der Waals surface area contributed by atoms with Crippen molar-refractivity contribution in [1.82, 2.24) is 10.2 Å². The minimum absolute atomic E-state index is 0.00599. The zero-order valence-electron chi connectivity index (χ0n) is 7.47. The van der Waals surface area contributed by atoms with Crippen LogP contribution in [0.1, 0.15) is 6.92 Å². The van der Waals surface area contributed by atoms with Crippen molar-refractivity contribution >= 4 is 5.78 Å². The van der Waals surface area contributed by atoms with Crippen LogP contribution in [0.15, 0.2) is 0 Å². The lowest BCUT2D eigenvalue weighted by atomic mass is 10.2. The van der Waals surface area contributed by atoms with Crippen LogP contribution in [0.5, 0.6) is 0 Å². The van der Waals surface area contributed by atoms with E-state index in [2.05, 4.69) is 10.2 Å². The van der Waals surface area contributed by atoms with E-state index in [1.165, 1.54) is 6.92 Å². The predicted molar refractivity (Wildman–Crippen MR) is 47.4 cm³/mol. The molecule has 0 aliphatic carbocycles. The van der Waals surface area contributed by atoms with Crippen LogP contribution in [0.4, 0.5) is 0 Å². The van der Waals surface area contributed by atoms with Gasteiger partial charge in [0.1, 0.15) is 6.04 Å². The maximum absolute atomic E-state index is 10.8. The number of ketones is 1. The van der Waals surface area contributed by atoms with Gasteiger partial charge in [-0.3, -0.25) is 9.69 Å². The average Bonchev–Trinajstić information content (AvgIpc) is 2.06. The molecule has 0 aromatic rings. The van der Waals surface area contributed by atoms with E-state index in [1.807, 2.05) is 0 Å². The molecule has 1 aliphatic rings. The van der Waals surface area contributed by atoms with Crippen LogP contribution in [0, 0.1) is 6.04 Å². The quantitative estimate of drug-likeness (QED) is 0.568. The molecule has 1 aliphatic heterocycles. The van der Waals surface area contributed by atoms with Crippen molar-refractivity contribution in [3.8, 4) is 0 Å². The second kappa shape index (κ2) is 4.54. The normalized spacial score (nSPS) is 19.9. The van der Waals surface area contributed by atoms with Crippen molar-refractivity contribution in [2.75, 3.05) is 32.7 Å². The highest BCUT2D eigenvalue weighted by atomic mass is 16.1. The first-order chi connectivity index (χ1) is 5.70. The summed E-state index contributed by atoms with van der Waals surface area (Å²) in [6.07, 6.45) is 0. The number of carbonyl (C=O) groups is 1. The molecule has 0 unspecified atom stereocenters. The van der Waals surface area contributed by atoms with E-state index in [-0.39, 0.29) is 5.78 Å². The van der Waals surface area contributed by atoms with Gasteiger partial charge in [0.05, 0.1) is 0 Å². The molecule has 4 heteroatoms. The molecule has 69 valence electrons. The van der Waals surface area contributed by atoms with E-state index in [9.17, 15) is 4.79 Å². The van der Waals surface area contributed by atoms with Gasteiger partial charge >= 0.3 is 0 Å². The van der Waals surface area contributed by atoms with Gasteiger partial charge in [-0.05, 0) is 6.92 Å². The van der Waals surface area contributed by atoms with Gasteiger partial charge in [0.2, 0.25) is 0 Å². The Labute approximate surface area is 73.1 Å². The third-order valence-corrected chi connectivity index (χ3v) is 2.06. The van der Waals surface area contributed by atoms with E-state index < -0.39 is 0 Å². The Bertz CT molecular complexity index is 154. The lowest BCUT2D eigenvalue weighted by Gasteiger charge is -2.28. The smallest absolute Gasteiger partial charge is 0.153 e. The molecule has 3 N–H and O–H groups in total. The van der Waals surface area contributed by atoms with E-state index in [4.69, 9.17) is 5.73 Å². The minimum atomic E-state index is -0.00599. The highest BCUT2D eigenvalue weighted by Gasteiger charge is 2.16. The molecule has 4 nitrogen and oxygen atoms in total. The van der Waals surface area contributed by atoms with Crippen molar-refractivity contribution < 1.29 is 4.79 Å². The molecule has 0 atom stereocenters. The number of hydrogen-bond donors (Lipinski definition) is 2. The first kappa shape index (κ1) is 9.64. The van der Waals surface area contributed by atoms with Crippen LogP contribution in [0.3, 0.4) is 0 Å². The van der Waals surface area contributed by atoms with Gasteiger partial charge in [-0.25, -0.2) is 0 Å². The Morgan fingerprint density at radius 2 is 2.08 bits per heavy atom. The summed E-state index contributed by atoms with van der Waals surface area (Å²) < 4.78 is 0. The van der Waals surface area contributed by atoms with Crippen LogP contribution in [-0.2, 0) is 4.79 Å². The number of carbonyl (C=O) groups excluding carboxylic acids is 1. The van der Waals surface area contributed by atoms with Crippen molar-refractivity contribution in [2.24, 2.45) is 5.73 Å². The monoisotopic (exact) mass is 170 g/mol. The van der Waals surface area contributed by atoms with Gasteiger partial charge in [-0.1, -0.05) is 0 Å². The van der Waals surface area contributed by atoms with Crippen molar-refractivity contribution in [2.45, 2.75) is 6.92 Å². The molecule has 1 radical (unpaired) electrons. The molecule has 0 saturated carbocycles. The van der Waals surface area contributed by atoms with Gasteiger partial charge in [0.25, 0.3) is 0 Å². The summed E-state index contributed by atoms with van der Waals surface area (Å²) in [5.41, 5.74) is 5.55. The third-order valence-electron chi connectivity index (χ3n) is 2.06. The summed E-state index contributed by atoms with van der Waals surface area (Å²) in [5.74, 6) is -0.00599. The van der Waals surface area contributed by atoms with Gasteiger partial charge in [-0.15, -0.1) is 0 Å².